The summed E-state index contributed by atoms with van der Waals surface area (Å²) in [6, 6.07) is 9.57. The molecule has 1 saturated heterocycles. The standard InChI is InChI=1S/C17H24N2O3S2/c1-18(12-14-7-8-19(13-14)9-10-22-2)24(20,21)17-11-15-5-3-4-6-16(15)23-17/h3-6,11,14H,7-10,12-13H2,1-2H3. The molecule has 0 amide bonds. The molecular formula is C17H24N2O3S2. The SMILES string of the molecule is COCCN1CCC(CN(C)S(=O)(=O)c2cc3ccccc3s2)C1. The molecule has 24 heavy (non-hydrogen) atoms. The average molecular weight is 369 g/mol. The molecule has 1 aromatic carbocycles. The van der Waals surface area contributed by atoms with Crippen molar-refractivity contribution >= 4 is 31.4 Å². The zero-order valence-corrected chi connectivity index (χ0v) is 15.8. The Morgan fingerprint density at radius 1 is 1.38 bits per heavy atom. The van der Waals surface area contributed by atoms with Crippen LogP contribution in [0.3, 0.4) is 0 Å². The van der Waals surface area contributed by atoms with Gasteiger partial charge in [0.15, 0.2) is 0 Å². The van der Waals surface area contributed by atoms with Crippen molar-refractivity contribution in [3.05, 3.63) is 30.3 Å². The number of likely N-dealkylation sites (tertiary alicyclic amines) is 1. The van der Waals surface area contributed by atoms with Crippen molar-refractivity contribution < 1.29 is 13.2 Å². The van der Waals surface area contributed by atoms with Crippen LogP contribution in [-0.4, -0.2) is 64.6 Å². The number of hydrogen-bond donors (Lipinski definition) is 0. The first kappa shape index (κ1) is 17.8. The fourth-order valence-electron chi connectivity index (χ4n) is 3.19. The van der Waals surface area contributed by atoms with Crippen LogP contribution in [0, 0.1) is 5.92 Å². The Labute approximate surface area is 147 Å². The molecule has 0 radical (unpaired) electrons. The molecule has 3 rings (SSSR count). The van der Waals surface area contributed by atoms with Crippen LogP contribution >= 0.6 is 11.3 Å². The van der Waals surface area contributed by atoms with Crippen LogP contribution in [0.1, 0.15) is 6.42 Å². The van der Waals surface area contributed by atoms with Crippen molar-refractivity contribution in [1.82, 2.24) is 9.21 Å². The maximum absolute atomic E-state index is 12.8. The fraction of sp³-hybridized carbons (Fsp3) is 0.529. The minimum absolute atomic E-state index is 0.385. The van der Waals surface area contributed by atoms with Gasteiger partial charge in [-0.3, -0.25) is 0 Å². The number of methoxy groups -OCH3 is 1. The second-order valence-corrected chi connectivity index (χ2v) is 9.69. The van der Waals surface area contributed by atoms with Gasteiger partial charge >= 0.3 is 0 Å². The molecule has 1 unspecified atom stereocenters. The molecule has 1 aliphatic rings. The highest BCUT2D eigenvalue weighted by atomic mass is 32.2. The minimum atomic E-state index is -3.41. The predicted molar refractivity (Wildman–Crippen MR) is 98.1 cm³/mol. The molecule has 7 heteroatoms. The van der Waals surface area contributed by atoms with Crippen molar-refractivity contribution in [3.63, 3.8) is 0 Å². The van der Waals surface area contributed by atoms with Gasteiger partial charge in [-0.15, -0.1) is 11.3 Å². The summed E-state index contributed by atoms with van der Waals surface area (Å²) in [6.07, 6.45) is 1.04. The van der Waals surface area contributed by atoms with E-state index >= 15 is 0 Å². The third-order valence-corrected chi connectivity index (χ3v) is 7.95. The van der Waals surface area contributed by atoms with Crippen molar-refractivity contribution in [2.75, 3.05) is 46.9 Å². The van der Waals surface area contributed by atoms with E-state index in [9.17, 15) is 8.42 Å². The average Bonchev–Trinajstić information content (AvgIpc) is 3.19. The number of ether oxygens (including phenoxy) is 1. The summed E-state index contributed by atoms with van der Waals surface area (Å²) in [5, 5.41) is 0.987. The van der Waals surface area contributed by atoms with Gasteiger partial charge in [-0.2, -0.15) is 4.31 Å². The van der Waals surface area contributed by atoms with Crippen LogP contribution in [-0.2, 0) is 14.8 Å². The predicted octanol–water partition coefficient (Wildman–Crippen LogP) is 2.49. The molecule has 1 aromatic heterocycles. The molecule has 0 spiro atoms. The molecule has 1 atom stereocenters. The summed E-state index contributed by atoms with van der Waals surface area (Å²) >= 11 is 1.35. The summed E-state index contributed by atoms with van der Waals surface area (Å²) in [6.45, 7) is 4.17. The van der Waals surface area contributed by atoms with Crippen LogP contribution < -0.4 is 0 Å². The lowest BCUT2D eigenvalue weighted by atomic mass is 10.1. The molecule has 5 nitrogen and oxygen atoms in total. The first-order chi connectivity index (χ1) is 11.5. The molecule has 2 aromatic rings. The minimum Gasteiger partial charge on any atom is -0.383 e. The van der Waals surface area contributed by atoms with E-state index in [2.05, 4.69) is 4.90 Å². The summed E-state index contributed by atoms with van der Waals surface area (Å²) in [5.74, 6) is 0.385. The number of thiophene rings is 1. The Morgan fingerprint density at radius 2 is 2.17 bits per heavy atom. The van der Waals surface area contributed by atoms with Gasteiger partial charge in [0, 0.05) is 38.5 Å². The first-order valence-electron chi connectivity index (χ1n) is 8.17. The molecule has 0 N–H and O–H groups in total. The van der Waals surface area contributed by atoms with Gasteiger partial charge in [0.2, 0.25) is 0 Å². The lowest BCUT2D eigenvalue weighted by Crippen LogP contribution is -2.33. The molecule has 1 aliphatic heterocycles. The van der Waals surface area contributed by atoms with Gasteiger partial charge in [-0.1, -0.05) is 18.2 Å². The Bertz CT molecular complexity index is 755. The molecule has 1 fully saturated rings. The first-order valence-corrected chi connectivity index (χ1v) is 10.4. The van der Waals surface area contributed by atoms with Crippen LogP contribution in [0.25, 0.3) is 10.1 Å². The van der Waals surface area contributed by atoms with E-state index in [1.165, 1.54) is 15.6 Å². The fourth-order valence-corrected chi connectivity index (χ4v) is 6.04. The van der Waals surface area contributed by atoms with Crippen molar-refractivity contribution in [1.29, 1.82) is 0 Å². The summed E-state index contributed by atoms with van der Waals surface area (Å²) in [4.78, 5) is 2.34. The number of nitrogens with zero attached hydrogens (tertiary/aromatic N) is 2. The van der Waals surface area contributed by atoms with E-state index in [1.807, 2.05) is 24.3 Å². The van der Waals surface area contributed by atoms with E-state index < -0.39 is 10.0 Å². The van der Waals surface area contributed by atoms with Crippen molar-refractivity contribution in [3.8, 4) is 0 Å². The zero-order valence-electron chi connectivity index (χ0n) is 14.1. The highest BCUT2D eigenvalue weighted by Gasteiger charge is 2.29. The van der Waals surface area contributed by atoms with Crippen LogP contribution in [0.4, 0.5) is 0 Å². The Morgan fingerprint density at radius 3 is 2.92 bits per heavy atom. The number of benzene rings is 1. The quantitative estimate of drug-likeness (QED) is 0.753. The monoisotopic (exact) mass is 368 g/mol. The number of hydrogen-bond acceptors (Lipinski definition) is 5. The maximum Gasteiger partial charge on any atom is 0.252 e. The van der Waals surface area contributed by atoms with Crippen LogP contribution in [0.15, 0.2) is 34.5 Å². The Balaban J connectivity index is 1.66. The van der Waals surface area contributed by atoms with Gasteiger partial charge in [-0.25, -0.2) is 8.42 Å². The van der Waals surface area contributed by atoms with E-state index in [1.54, 1.807) is 20.2 Å². The number of sulfonamides is 1. The van der Waals surface area contributed by atoms with E-state index in [-0.39, 0.29) is 0 Å². The summed E-state index contributed by atoms with van der Waals surface area (Å²) in [5.41, 5.74) is 0. The van der Waals surface area contributed by atoms with Gasteiger partial charge in [0.05, 0.1) is 6.61 Å². The molecule has 0 saturated carbocycles. The smallest absolute Gasteiger partial charge is 0.252 e. The summed E-state index contributed by atoms with van der Waals surface area (Å²) in [7, 11) is -0.0148. The molecule has 0 aliphatic carbocycles. The van der Waals surface area contributed by atoms with E-state index in [0.717, 1.165) is 42.7 Å². The van der Waals surface area contributed by atoms with Gasteiger partial charge in [-0.05, 0) is 36.4 Å². The van der Waals surface area contributed by atoms with Crippen LogP contribution in [0.5, 0.6) is 0 Å². The normalized spacial score (nSPS) is 19.5. The highest BCUT2D eigenvalue weighted by Crippen LogP contribution is 2.31. The largest absolute Gasteiger partial charge is 0.383 e. The third kappa shape index (κ3) is 3.81. The summed E-state index contributed by atoms with van der Waals surface area (Å²) < 4.78 is 33.8. The van der Waals surface area contributed by atoms with Crippen molar-refractivity contribution in [2.24, 2.45) is 5.92 Å². The highest BCUT2D eigenvalue weighted by molar-refractivity contribution is 7.91. The molecule has 2 heterocycles. The van der Waals surface area contributed by atoms with Gasteiger partial charge in [0.1, 0.15) is 4.21 Å². The van der Waals surface area contributed by atoms with Gasteiger partial charge < -0.3 is 9.64 Å². The van der Waals surface area contributed by atoms with E-state index in [4.69, 9.17) is 4.74 Å². The van der Waals surface area contributed by atoms with Gasteiger partial charge in [0.25, 0.3) is 10.0 Å². The number of rotatable bonds is 7. The molecule has 132 valence electrons. The lowest BCUT2D eigenvalue weighted by molar-refractivity contribution is 0.158. The molecular weight excluding hydrogens is 344 g/mol. The Kier molecular flexibility index (Phi) is 5.56. The third-order valence-electron chi connectivity index (χ3n) is 4.56. The lowest BCUT2D eigenvalue weighted by Gasteiger charge is -2.20. The van der Waals surface area contributed by atoms with E-state index in [0.29, 0.717) is 16.7 Å². The second-order valence-electron chi connectivity index (χ2n) is 6.34. The second kappa shape index (κ2) is 7.49. The zero-order chi connectivity index (χ0) is 17.2. The topological polar surface area (TPSA) is 49.9 Å². The Hall–Kier alpha value is -0.990. The number of fused-ring (bicyclic) bond motifs is 1. The van der Waals surface area contributed by atoms with Crippen LogP contribution in [0.2, 0.25) is 0 Å². The van der Waals surface area contributed by atoms with Crippen molar-refractivity contribution in [2.45, 2.75) is 10.6 Å². The maximum atomic E-state index is 12.8. The molecule has 0 bridgehead atoms.